The lowest BCUT2D eigenvalue weighted by atomic mass is 9.88. The minimum Gasteiger partial charge on any atom is -0.363 e. The van der Waals surface area contributed by atoms with E-state index < -0.39 is 0 Å². The number of hydrogen-bond donors (Lipinski definition) is 0. The Morgan fingerprint density at radius 2 is 1.74 bits per heavy atom. The van der Waals surface area contributed by atoms with E-state index in [-0.39, 0.29) is 29.7 Å². The predicted molar refractivity (Wildman–Crippen MR) is 98.3 cm³/mol. The molecule has 2 aliphatic heterocycles. The molecule has 0 bridgehead atoms. The van der Waals surface area contributed by atoms with Crippen molar-refractivity contribution in [2.24, 2.45) is 0 Å². The third-order valence-corrected chi connectivity index (χ3v) is 5.45. The highest BCUT2D eigenvalue weighted by Crippen LogP contribution is 2.33. The van der Waals surface area contributed by atoms with Gasteiger partial charge < -0.3 is 9.64 Å². The molecule has 0 aromatic heterocycles. The van der Waals surface area contributed by atoms with Gasteiger partial charge in [-0.25, -0.2) is 8.78 Å². The van der Waals surface area contributed by atoms with Gasteiger partial charge in [-0.2, -0.15) is 0 Å². The van der Waals surface area contributed by atoms with Crippen LogP contribution in [0.25, 0.3) is 0 Å². The number of benzene rings is 2. The number of piperidine rings is 1. The second-order valence-electron chi connectivity index (χ2n) is 7.33. The van der Waals surface area contributed by atoms with E-state index in [1.54, 1.807) is 29.2 Å². The Morgan fingerprint density at radius 3 is 2.44 bits per heavy atom. The molecule has 2 fully saturated rings. The molecule has 142 valence electrons. The zero-order valence-electron chi connectivity index (χ0n) is 15.0. The van der Waals surface area contributed by atoms with Gasteiger partial charge in [-0.3, -0.25) is 9.69 Å². The van der Waals surface area contributed by atoms with Gasteiger partial charge in [0.25, 0.3) is 5.91 Å². The van der Waals surface area contributed by atoms with Crippen LogP contribution in [0.4, 0.5) is 14.5 Å². The molecule has 2 saturated heterocycles. The fraction of sp³-hybridized carbons (Fsp3) is 0.381. The summed E-state index contributed by atoms with van der Waals surface area (Å²) in [7, 11) is 0. The third-order valence-electron chi connectivity index (χ3n) is 5.45. The molecule has 2 heterocycles. The smallest absolute Gasteiger partial charge is 0.253 e. The Balaban J connectivity index is 1.41. The number of likely N-dealkylation sites (tertiary alicyclic amines) is 1. The van der Waals surface area contributed by atoms with Crippen LogP contribution in [0.5, 0.6) is 0 Å². The molecule has 4 nitrogen and oxygen atoms in total. The van der Waals surface area contributed by atoms with Gasteiger partial charge in [0.2, 0.25) is 0 Å². The average Bonchev–Trinajstić information content (AvgIpc) is 2.67. The molecule has 6 heteroatoms. The molecule has 0 N–H and O–H groups in total. The molecule has 27 heavy (non-hydrogen) atoms. The summed E-state index contributed by atoms with van der Waals surface area (Å²) in [5, 5.41) is 0. The van der Waals surface area contributed by atoms with E-state index in [0.29, 0.717) is 18.8 Å². The van der Waals surface area contributed by atoms with Crippen molar-refractivity contribution in [2.45, 2.75) is 25.0 Å². The summed E-state index contributed by atoms with van der Waals surface area (Å²) in [5.74, 6) is -0.640. The molecule has 0 unspecified atom stereocenters. The molecule has 2 aromatic rings. The van der Waals surface area contributed by atoms with Gasteiger partial charge in [0.1, 0.15) is 18.2 Å². The van der Waals surface area contributed by atoms with E-state index in [1.807, 2.05) is 6.07 Å². The fourth-order valence-corrected chi connectivity index (χ4v) is 3.89. The molecule has 4 rings (SSSR count). The van der Waals surface area contributed by atoms with Crippen molar-refractivity contribution in [1.29, 1.82) is 0 Å². The Kier molecular flexibility index (Phi) is 4.93. The van der Waals surface area contributed by atoms with Crippen LogP contribution in [-0.2, 0) is 16.1 Å². The van der Waals surface area contributed by atoms with Crippen molar-refractivity contribution < 1.29 is 18.3 Å². The number of halogens is 2. The van der Waals surface area contributed by atoms with Crippen LogP contribution in [0.1, 0.15) is 18.4 Å². The largest absolute Gasteiger partial charge is 0.363 e. The van der Waals surface area contributed by atoms with Gasteiger partial charge in [-0.1, -0.05) is 12.1 Å². The number of rotatable bonds is 3. The van der Waals surface area contributed by atoms with Gasteiger partial charge in [0, 0.05) is 25.3 Å². The maximum absolute atomic E-state index is 13.4. The summed E-state index contributed by atoms with van der Waals surface area (Å²) in [6.07, 6.45) is 1.60. The summed E-state index contributed by atoms with van der Waals surface area (Å²) in [5.41, 5.74) is 1.28. The first-order chi connectivity index (χ1) is 13.0. The lowest BCUT2D eigenvalue weighted by molar-refractivity contribution is -0.144. The summed E-state index contributed by atoms with van der Waals surface area (Å²) in [6.45, 7) is 2.87. The van der Waals surface area contributed by atoms with Crippen LogP contribution < -0.4 is 4.90 Å². The van der Waals surface area contributed by atoms with Gasteiger partial charge >= 0.3 is 0 Å². The lowest BCUT2D eigenvalue weighted by Crippen LogP contribution is -2.58. The monoisotopic (exact) mass is 372 g/mol. The van der Waals surface area contributed by atoms with E-state index in [4.69, 9.17) is 4.74 Å². The number of carbonyl (C=O) groups excluding carboxylic acids is 1. The molecule has 2 aliphatic rings. The highest BCUT2D eigenvalue weighted by atomic mass is 19.1. The highest BCUT2D eigenvalue weighted by molar-refractivity contribution is 5.95. The molecule has 2 aromatic carbocycles. The van der Waals surface area contributed by atoms with Crippen LogP contribution in [0, 0.1) is 11.6 Å². The Hall–Kier alpha value is -2.31. The first-order valence-electron chi connectivity index (χ1n) is 9.20. The fourth-order valence-electron chi connectivity index (χ4n) is 3.89. The zero-order valence-corrected chi connectivity index (χ0v) is 15.0. The van der Waals surface area contributed by atoms with Gasteiger partial charge in [-0.05, 0) is 54.8 Å². The van der Waals surface area contributed by atoms with E-state index >= 15 is 0 Å². The summed E-state index contributed by atoms with van der Waals surface area (Å²) in [6, 6.07) is 12.7. The summed E-state index contributed by atoms with van der Waals surface area (Å²) >= 11 is 0. The van der Waals surface area contributed by atoms with E-state index in [0.717, 1.165) is 31.5 Å². The van der Waals surface area contributed by atoms with Crippen molar-refractivity contribution in [3.8, 4) is 0 Å². The Morgan fingerprint density at radius 1 is 1.00 bits per heavy atom. The van der Waals surface area contributed by atoms with E-state index in [2.05, 4.69) is 4.90 Å². The maximum atomic E-state index is 13.4. The molecule has 0 radical (unpaired) electrons. The first kappa shape index (κ1) is 18.1. The molecule has 1 spiro atoms. The molecule has 0 atom stereocenters. The standard InChI is InChI=1S/C21H22F2N2O2/c22-17-4-6-19(7-5-17)25-15-21(27-14-20(25)26)8-10-24(11-9-21)13-16-2-1-3-18(23)12-16/h1-7,12H,8-11,13-15H2. The van der Waals surface area contributed by atoms with Gasteiger partial charge in [0.15, 0.2) is 0 Å². The minimum absolute atomic E-state index is 0.0429. The number of ether oxygens (including phenoxy) is 1. The number of nitrogens with zero attached hydrogens (tertiary/aromatic N) is 2. The van der Waals surface area contributed by atoms with Crippen LogP contribution in [-0.4, -0.2) is 42.6 Å². The number of hydrogen-bond acceptors (Lipinski definition) is 3. The zero-order chi connectivity index (χ0) is 18.9. The second-order valence-corrected chi connectivity index (χ2v) is 7.33. The molecule has 0 saturated carbocycles. The van der Waals surface area contributed by atoms with E-state index in [1.165, 1.54) is 18.2 Å². The molecular formula is C21H22F2N2O2. The third kappa shape index (κ3) is 4.01. The Bertz CT molecular complexity index is 817. The molecular weight excluding hydrogens is 350 g/mol. The average molecular weight is 372 g/mol. The number of morpholine rings is 1. The van der Waals surface area contributed by atoms with Crippen LogP contribution >= 0.6 is 0 Å². The Labute approximate surface area is 157 Å². The van der Waals surface area contributed by atoms with Crippen LogP contribution in [0.2, 0.25) is 0 Å². The quantitative estimate of drug-likeness (QED) is 0.828. The van der Waals surface area contributed by atoms with Crippen molar-refractivity contribution >= 4 is 11.6 Å². The summed E-state index contributed by atoms with van der Waals surface area (Å²) in [4.78, 5) is 16.3. The van der Waals surface area contributed by atoms with Crippen molar-refractivity contribution in [3.63, 3.8) is 0 Å². The predicted octanol–water partition coefficient (Wildman–Crippen LogP) is 3.36. The summed E-state index contributed by atoms with van der Waals surface area (Å²) < 4.78 is 32.5. The van der Waals surface area contributed by atoms with Crippen molar-refractivity contribution in [3.05, 3.63) is 65.7 Å². The minimum atomic E-state index is -0.374. The normalized spacial score (nSPS) is 20.2. The number of anilines is 1. The topological polar surface area (TPSA) is 32.8 Å². The van der Waals surface area contributed by atoms with Crippen LogP contribution in [0.3, 0.4) is 0 Å². The molecule has 1 amide bonds. The van der Waals surface area contributed by atoms with Crippen molar-refractivity contribution in [2.75, 3.05) is 31.1 Å². The van der Waals surface area contributed by atoms with Gasteiger partial charge in [-0.15, -0.1) is 0 Å². The second kappa shape index (κ2) is 7.37. The van der Waals surface area contributed by atoms with Gasteiger partial charge in [0.05, 0.1) is 12.1 Å². The molecule has 0 aliphatic carbocycles. The van der Waals surface area contributed by atoms with E-state index in [9.17, 15) is 13.6 Å². The first-order valence-corrected chi connectivity index (χ1v) is 9.20. The maximum Gasteiger partial charge on any atom is 0.253 e. The van der Waals surface area contributed by atoms with Crippen molar-refractivity contribution in [1.82, 2.24) is 4.90 Å². The van der Waals surface area contributed by atoms with Crippen LogP contribution in [0.15, 0.2) is 48.5 Å². The SMILES string of the molecule is O=C1COC2(CCN(Cc3cccc(F)c3)CC2)CN1c1ccc(F)cc1. The lowest BCUT2D eigenvalue weighted by Gasteiger charge is -2.47. The highest BCUT2D eigenvalue weighted by Gasteiger charge is 2.42. The number of amides is 1. The number of carbonyl (C=O) groups is 1.